The molecule has 4 nitrogen and oxygen atoms in total. The van der Waals surface area contributed by atoms with Crippen molar-refractivity contribution >= 4 is 5.91 Å². The number of aliphatic hydroxyl groups excluding tert-OH is 2. The van der Waals surface area contributed by atoms with E-state index < -0.39 is 12.1 Å². The van der Waals surface area contributed by atoms with Crippen molar-refractivity contribution in [3.63, 3.8) is 0 Å². The molecule has 0 saturated carbocycles. The van der Waals surface area contributed by atoms with Crippen molar-refractivity contribution in [1.29, 1.82) is 0 Å². The van der Waals surface area contributed by atoms with E-state index in [1.54, 1.807) is 0 Å². The maximum atomic E-state index is 12.6. The van der Waals surface area contributed by atoms with E-state index in [1.165, 1.54) is 315 Å². The Morgan fingerprint density at radius 1 is 0.329 bits per heavy atom. The number of rotatable bonds is 63. The number of allylic oxidation sites excluding steroid dienone is 6. The van der Waals surface area contributed by atoms with Gasteiger partial charge in [0.1, 0.15) is 0 Å². The fourth-order valence-corrected chi connectivity index (χ4v) is 10.8. The third kappa shape index (κ3) is 61.3. The van der Waals surface area contributed by atoms with Crippen LogP contribution in [0.15, 0.2) is 36.5 Å². The second kappa shape index (κ2) is 64.9. The summed E-state index contributed by atoms with van der Waals surface area (Å²) in [7, 11) is 0. The number of amides is 1. The zero-order valence-electron chi connectivity index (χ0n) is 49.9. The molecule has 3 N–H and O–H groups in total. The molecule has 0 fully saturated rings. The summed E-state index contributed by atoms with van der Waals surface area (Å²) >= 11 is 0. The molecule has 0 saturated heterocycles. The quantitative estimate of drug-likeness (QED) is 0.0420. The van der Waals surface area contributed by atoms with Crippen LogP contribution in [-0.2, 0) is 4.79 Å². The Hall–Kier alpha value is -1.39. The minimum atomic E-state index is -0.661. The molecular weight excluding hydrogens is 891 g/mol. The van der Waals surface area contributed by atoms with E-state index in [1.807, 2.05) is 0 Å². The minimum Gasteiger partial charge on any atom is -0.394 e. The summed E-state index contributed by atoms with van der Waals surface area (Å²) in [6.45, 7) is 4.39. The van der Waals surface area contributed by atoms with Crippen molar-refractivity contribution in [2.45, 2.75) is 392 Å². The first kappa shape index (κ1) is 71.6. The lowest BCUT2D eigenvalue weighted by Gasteiger charge is -2.22. The summed E-state index contributed by atoms with van der Waals surface area (Å²) in [5.74, 6) is -0.0248. The van der Waals surface area contributed by atoms with Crippen LogP contribution in [0.4, 0.5) is 0 Å². The predicted molar refractivity (Wildman–Crippen MR) is 327 cm³/mol. The monoisotopic (exact) mass is 1020 g/mol. The average molecular weight is 1020 g/mol. The van der Waals surface area contributed by atoms with Crippen molar-refractivity contribution < 1.29 is 15.0 Å². The number of carbonyl (C=O) groups is 1. The van der Waals surface area contributed by atoms with Crippen LogP contribution in [0, 0.1) is 0 Å². The summed E-state index contributed by atoms with van der Waals surface area (Å²) in [6, 6.07) is -0.538. The van der Waals surface area contributed by atoms with Crippen LogP contribution in [0.3, 0.4) is 0 Å². The van der Waals surface area contributed by atoms with E-state index in [-0.39, 0.29) is 12.5 Å². The third-order valence-corrected chi connectivity index (χ3v) is 15.9. The van der Waals surface area contributed by atoms with Crippen LogP contribution in [0.25, 0.3) is 0 Å². The number of aliphatic hydroxyl groups is 2. The highest BCUT2D eigenvalue weighted by Gasteiger charge is 2.20. The van der Waals surface area contributed by atoms with Crippen molar-refractivity contribution in [3.05, 3.63) is 36.5 Å². The van der Waals surface area contributed by atoms with Crippen LogP contribution in [0.1, 0.15) is 380 Å². The van der Waals surface area contributed by atoms with Gasteiger partial charge in [0, 0.05) is 6.42 Å². The van der Waals surface area contributed by atoms with E-state index in [0.29, 0.717) is 12.8 Å². The Morgan fingerprint density at radius 3 is 0.836 bits per heavy atom. The van der Waals surface area contributed by atoms with E-state index in [2.05, 4.69) is 55.6 Å². The molecule has 0 aliphatic heterocycles. The maximum absolute atomic E-state index is 12.6. The molecule has 0 heterocycles. The summed E-state index contributed by atoms with van der Waals surface area (Å²) in [6.07, 6.45) is 89.0. The van der Waals surface area contributed by atoms with E-state index in [9.17, 15) is 15.0 Å². The molecule has 432 valence electrons. The lowest BCUT2D eigenvalue weighted by Crippen LogP contribution is -2.45. The molecule has 73 heavy (non-hydrogen) atoms. The summed E-state index contributed by atoms with van der Waals surface area (Å²) in [5, 5.41) is 23.5. The van der Waals surface area contributed by atoms with Gasteiger partial charge >= 0.3 is 0 Å². The number of hydrogen-bond acceptors (Lipinski definition) is 3. The number of hydrogen-bond donors (Lipinski definition) is 3. The Balaban J connectivity index is 3.41. The van der Waals surface area contributed by atoms with Crippen molar-refractivity contribution in [2.75, 3.05) is 6.61 Å². The van der Waals surface area contributed by atoms with Gasteiger partial charge in [-0.3, -0.25) is 4.79 Å². The minimum absolute atomic E-state index is 0.0248. The van der Waals surface area contributed by atoms with Gasteiger partial charge in [0.25, 0.3) is 0 Å². The first-order valence-electron chi connectivity index (χ1n) is 33.7. The van der Waals surface area contributed by atoms with Crippen LogP contribution >= 0.6 is 0 Å². The Labute approximate surface area is 459 Å². The van der Waals surface area contributed by atoms with E-state index >= 15 is 0 Å². The van der Waals surface area contributed by atoms with Gasteiger partial charge in [-0.2, -0.15) is 0 Å². The van der Waals surface area contributed by atoms with Crippen LogP contribution in [0.5, 0.6) is 0 Å². The molecule has 0 bridgehead atoms. The largest absolute Gasteiger partial charge is 0.394 e. The topological polar surface area (TPSA) is 69.6 Å². The maximum Gasteiger partial charge on any atom is 0.220 e. The molecule has 4 heteroatoms. The normalized spacial score (nSPS) is 12.9. The lowest BCUT2D eigenvalue weighted by atomic mass is 10.0. The van der Waals surface area contributed by atoms with Gasteiger partial charge in [0.2, 0.25) is 5.91 Å². The smallest absolute Gasteiger partial charge is 0.220 e. The highest BCUT2D eigenvalue weighted by molar-refractivity contribution is 5.76. The molecule has 0 aromatic rings. The first-order valence-corrected chi connectivity index (χ1v) is 33.7. The second-order valence-electron chi connectivity index (χ2n) is 23.2. The molecule has 0 aliphatic rings. The number of carbonyl (C=O) groups excluding carboxylic acids is 1. The van der Waals surface area contributed by atoms with Crippen LogP contribution in [0.2, 0.25) is 0 Å². The van der Waals surface area contributed by atoms with Gasteiger partial charge in [0.05, 0.1) is 18.8 Å². The zero-order chi connectivity index (χ0) is 52.7. The lowest BCUT2D eigenvalue weighted by molar-refractivity contribution is -0.123. The molecular formula is C69H133NO3. The second-order valence-corrected chi connectivity index (χ2v) is 23.2. The van der Waals surface area contributed by atoms with Crippen molar-refractivity contribution in [1.82, 2.24) is 5.32 Å². The molecule has 2 unspecified atom stereocenters. The summed E-state index contributed by atoms with van der Waals surface area (Å²) in [4.78, 5) is 12.6. The standard InChI is InChI=1S/C69H133NO3/c1-3-5-7-9-11-13-15-17-19-21-23-25-27-29-31-33-35-37-39-41-43-45-47-49-51-53-55-57-59-61-63-65-69(73)70-67(66-71)68(72)64-62-60-58-56-54-52-50-48-46-44-42-40-38-36-34-32-30-28-26-24-22-20-18-16-14-12-10-8-6-4-2/h15,17,21,23,27,29,67-68,71-72H,3-14,16,18-20,22,24-26,28,30-66H2,1-2H3,(H,70,73)/b17-15-,23-21-,29-27-. The molecule has 0 rings (SSSR count). The third-order valence-electron chi connectivity index (χ3n) is 15.9. The fourth-order valence-electron chi connectivity index (χ4n) is 10.8. The molecule has 2 atom stereocenters. The van der Waals surface area contributed by atoms with Gasteiger partial charge in [-0.05, 0) is 51.4 Å². The Kier molecular flexibility index (Phi) is 63.7. The van der Waals surface area contributed by atoms with Gasteiger partial charge in [-0.25, -0.2) is 0 Å². The SMILES string of the molecule is CCCCCCC/C=C\C/C=C\C/C=C\CCCCCCCCCCCCCCCCCCC(=O)NC(CO)C(O)CCCCCCCCCCCCCCCCCCCCCCCCCCCCCCCC. The predicted octanol–water partition coefficient (Wildman–Crippen LogP) is 22.8. The molecule has 0 spiro atoms. The summed E-state index contributed by atoms with van der Waals surface area (Å²) in [5.41, 5.74) is 0. The highest BCUT2D eigenvalue weighted by Crippen LogP contribution is 2.19. The van der Waals surface area contributed by atoms with Gasteiger partial charge < -0.3 is 15.5 Å². The zero-order valence-corrected chi connectivity index (χ0v) is 49.9. The molecule has 1 amide bonds. The number of unbranched alkanes of at least 4 members (excludes halogenated alkanes) is 50. The van der Waals surface area contributed by atoms with Crippen molar-refractivity contribution in [2.24, 2.45) is 0 Å². The van der Waals surface area contributed by atoms with E-state index in [0.717, 1.165) is 38.5 Å². The van der Waals surface area contributed by atoms with Gasteiger partial charge in [0.15, 0.2) is 0 Å². The van der Waals surface area contributed by atoms with Crippen LogP contribution in [-0.4, -0.2) is 34.9 Å². The van der Waals surface area contributed by atoms with Crippen LogP contribution < -0.4 is 5.32 Å². The van der Waals surface area contributed by atoms with Gasteiger partial charge in [-0.1, -0.05) is 359 Å². The molecule has 0 aromatic carbocycles. The average Bonchev–Trinajstić information content (AvgIpc) is 3.40. The fraction of sp³-hybridized carbons (Fsp3) is 0.899. The first-order chi connectivity index (χ1) is 36.2. The molecule has 0 aromatic heterocycles. The molecule has 0 aliphatic carbocycles. The van der Waals surface area contributed by atoms with Gasteiger partial charge in [-0.15, -0.1) is 0 Å². The summed E-state index contributed by atoms with van der Waals surface area (Å²) < 4.78 is 0. The number of nitrogens with one attached hydrogen (secondary N) is 1. The highest BCUT2D eigenvalue weighted by atomic mass is 16.3. The Morgan fingerprint density at radius 2 is 0.562 bits per heavy atom. The molecule has 0 radical (unpaired) electrons. The van der Waals surface area contributed by atoms with E-state index in [4.69, 9.17) is 0 Å². The van der Waals surface area contributed by atoms with Crippen molar-refractivity contribution in [3.8, 4) is 0 Å². The Bertz CT molecular complexity index is 1110.